The number of nitrogens with one attached hydrogen (secondary N) is 2. The topological polar surface area (TPSA) is 95.5 Å². The lowest BCUT2D eigenvalue weighted by Gasteiger charge is -2.26. The highest BCUT2D eigenvalue weighted by Crippen LogP contribution is 2.39. The summed E-state index contributed by atoms with van der Waals surface area (Å²) in [5.41, 5.74) is -1.18. The molecule has 0 bridgehead atoms. The maximum Gasteiger partial charge on any atom is 0.329 e. The molecule has 18 heavy (non-hydrogen) atoms. The van der Waals surface area contributed by atoms with Gasteiger partial charge in [0.25, 0.3) is 0 Å². The fraction of sp³-hybridized carbons (Fsp3) is 0.818. The summed E-state index contributed by atoms with van der Waals surface area (Å²) in [4.78, 5) is 22.8. The van der Waals surface area contributed by atoms with Gasteiger partial charge in [-0.1, -0.05) is 0 Å². The molecule has 0 aromatic rings. The molecule has 0 heterocycles. The Morgan fingerprint density at radius 2 is 2.06 bits per heavy atom. The Morgan fingerprint density at radius 3 is 2.50 bits per heavy atom. The van der Waals surface area contributed by atoms with Crippen molar-refractivity contribution in [3.8, 4) is 0 Å². The number of hydrogen-bond acceptors (Lipinski definition) is 3. The predicted octanol–water partition coefficient (Wildman–Crippen LogP) is 0.308. The van der Waals surface area contributed by atoms with Crippen molar-refractivity contribution in [2.45, 2.75) is 31.7 Å². The van der Waals surface area contributed by atoms with Gasteiger partial charge in [-0.05, 0) is 32.1 Å². The van der Waals surface area contributed by atoms with Crippen LogP contribution in [0.5, 0.6) is 0 Å². The molecule has 0 aromatic heterocycles. The van der Waals surface area contributed by atoms with Crippen molar-refractivity contribution in [3.05, 3.63) is 0 Å². The summed E-state index contributed by atoms with van der Waals surface area (Å²) in [7, 11) is -0.870. The first-order chi connectivity index (χ1) is 8.36. The third-order valence-corrected chi connectivity index (χ3v) is 3.97. The standard InChI is InChI=1S/C11H20N2O4S/c1-11(9(14)15,8-4-5-8)13-10(16)12-6-3-7-18(2)17/h8H,3-7H2,1-2H3,(H,14,15)(H2,12,13,16). The van der Waals surface area contributed by atoms with Gasteiger partial charge in [0.2, 0.25) is 0 Å². The van der Waals surface area contributed by atoms with E-state index in [0.29, 0.717) is 18.7 Å². The second kappa shape index (κ2) is 6.17. The zero-order chi connectivity index (χ0) is 13.8. The van der Waals surface area contributed by atoms with Gasteiger partial charge in [-0.3, -0.25) is 4.21 Å². The molecule has 0 saturated heterocycles. The molecule has 7 heteroatoms. The predicted molar refractivity (Wildman–Crippen MR) is 68.8 cm³/mol. The van der Waals surface area contributed by atoms with Crippen molar-refractivity contribution in [1.82, 2.24) is 10.6 Å². The highest BCUT2D eigenvalue weighted by Gasteiger charge is 2.48. The van der Waals surface area contributed by atoms with E-state index in [1.165, 1.54) is 6.92 Å². The number of carboxylic acid groups (broad SMARTS) is 1. The van der Waals surface area contributed by atoms with Crippen molar-refractivity contribution < 1.29 is 18.9 Å². The van der Waals surface area contributed by atoms with Gasteiger partial charge in [-0.2, -0.15) is 0 Å². The number of urea groups is 1. The Balaban J connectivity index is 2.34. The van der Waals surface area contributed by atoms with Crippen LogP contribution in [0.1, 0.15) is 26.2 Å². The smallest absolute Gasteiger partial charge is 0.329 e. The summed E-state index contributed by atoms with van der Waals surface area (Å²) in [6.45, 7) is 1.93. The van der Waals surface area contributed by atoms with Gasteiger partial charge in [0.15, 0.2) is 0 Å². The maximum atomic E-state index is 11.6. The number of amides is 2. The van der Waals surface area contributed by atoms with Crippen molar-refractivity contribution in [2.75, 3.05) is 18.6 Å². The average molecular weight is 276 g/mol. The summed E-state index contributed by atoms with van der Waals surface area (Å²) >= 11 is 0. The van der Waals surface area contributed by atoms with Crippen LogP contribution >= 0.6 is 0 Å². The van der Waals surface area contributed by atoms with E-state index in [2.05, 4.69) is 10.6 Å². The molecule has 1 aliphatic carbocycles. The van der Waals surface area contributed by atoms with Gasteiger partial charge in [0, 0.05) is 29.4 Å². The van der Waals surface area contributed by atoms with E-state index in [1.54, 1.807) is 6.26 Å². The summed E-state index contributed by atoms with van der Waals surface area (Å²) in [5.74, 6) is -0.460. The van der Waals surface area contributed by atoms with E-state index >= 15 is 0 Å². The quantitative estimate of drug-likeness (QED) is 0.583. The molecule has 2 unspecified atom stereocenters. The largest absolute Gasteiger partial charge is 0.480 e. The third kappa shape index (κ3) is 4.29. The number of carbonyl (C=O) groups is 2. The summed E-state index contributed by atoms with van der Waals surface area (Å²) in [6, 6.07) is -0.478. The number of carboxylic acids is 1. The number of hydrogen-bond donors (Lipinski definition) is 3. The first kappa shape index (κ1) is 14.9. The van der Waals surface area contributed by atoms with Gasteiger partial charge in [-0.15, -0.1) is 0 Å². The normalized spacial score (nSPS) is 19.7. The fourth-order valence-corrected chi connectivity index (χ4v) is 2.30. The molecule has 2 amide bonds. The number of carbonyl (C=O) groups excluding carboxylic acids is 1. The second-order valence-electron chi connectivity index (χ2n) is 4.79. The molecule has 1 aliphatic rings. The molecule has 0 radical (unpaired) electrons. The lowest BCUT2D eigenvalue weighted by atomic mass is 9.96. The molecule has 1 fully saturated rings. The van der Waals surface area contributed by atoms with Crippen LogP contribution in [0.3, 0.4) is 0 Å². The minimum absolute atomic E-state index is 0.0175. The first-order valence-electron chi connectivity index (χ1n) is 5.95. The van der Waals surface area contributed by atoms with E-state index in [-0.39, 0.29) is 5.92 Å². The highest BCUT2D eigenvalue weighted by atomic mass is 32.2. The first-order valence-corrected chi connectivity index (χ1v) is 7.68. The van der Waals surface area contributed by atoms with Crippen molar-refractivity contribution in [3.63, 3.8) is 0 Å². The SMILES string of the molecule is CS(=O)CCCNC(=O)NC(C)(C(=O)O)C1CC1. The van der Waals surface area contributed by atoms with E-state index < -0.39 is 28.3 Å². The minimum atomic E-state index is -1.18. The summed E-state index contributed by atoms with van der Waals surface area (Å²) < 4.78 is 10.8. The molecular formula is C11H20N2O4S. The molecule has 1 saturated carbocycles. The van der Waals surface area contributed by atoms with E-state index in [9.17, 15) is 13.8 Å². The van der Waals surface area contributed by atoms with Crippen LogP contribution in [0.15, 0.2) is 0 Å². The van der Waals surface area contributed by atoms with Crippen molar-refractivity contribution in [2.24, 2.45) is 5.92 Å². The minimum Gasteiger partial charge on any atom is -0.480 e. The molecule has 0 aromatic carbocycles. The highest BCUT2D eigenvalue weighted by molar-refractivity contribution is 7.84. The Kier molecular flexibility index (Phi) is 5.13. The lowest BCUT2D eigenvalue weighted by molar-refractivity contribution is -0.144. The Bertz CT molecular complexity index is 357. The van der Waals surface area contributed by atoms with Crippen LogP contribution in [-0.4, -0.2) is 45.4 Å². The fourth-order valence-electron chi connectivity index (χ4n) is 1.75. The number of rotatable bonds is 7. The van der Waals surface area contributed by atoms with Gasteiger partial charge in [0.05, 0.1) is 0 Å². The Labute approximate surface area is 109 Å². The van der Waals surface area contributed by atoms with Gasteiger partial charge in [0.1, 0.15) is 5.54 Å². The lowest BCUT2D eigenvalue weighted by Crippen LogP contribution is -2.56. The molecule has 6 nitrogen and oxygen atoms in total. The molecular weight excluding hydrogens is 256 g/mol. The van der Waals surface area contributed by atoms with Crippen LogP contribution < -0.4 is 10.6 Å². The Morgan fingerprint density at radius 1 is 1.44 bits per heavy atom. The summed E-state index contributed by atoms with van der Waals surface area (Å²) in [5, 5.41) is 14.3. The van der Waals surface area contributed by atoms with E-state index in [0.717, 1.165) is 12.8 Å². The van der Waals surface area contributed by atoms with E-state index in [1.807, 2.05) is 0 Å². The Hall–Kier alpha value is -1.11. The third-order valence-electron chi connectivity index (χ3n) is 3.11. The monoisotopic (exact) mass is 276 g/mol. The van der Waals surface area contributed by atoms with Gasteiger partial charge >= 0.3 is 12.0 Å². The maximum absolute atomic E-state index is 11.6. The van der Waals surface area contributed by atoms with Crippen LogP contribution in [-0.2, 0) is 15.6 Å². The molecule has 0 spiro atoms. The zero-order valence-electron chi connectivity index (χ0n) is 10.7. The molecule has 3 N–H and O–H groups in total. The molecule has 2 atom stereocenters. The van der Waals surface area contributed by atoms with Crippen LogP contribution in [0.2, 0.25) is 0 Å². The van der Waals surface area contributed by atoms with E-state index in [4.69, 9.17) is 5.11 Å². The van der Waals surface area contributed by atoms with Crippen LogP contribution in [0.25, 0.3) is 0 Å². The zero-order valence-corrected chi connectivity index (χ0v) is 11.5. The van der Waals surface area contributed by atoms with Crippen LogP contribution in [0.4, 0.5) is 4.79 Å². The van der Waals surface area contributed by atoms with Gasteiger partial charge < -0.3 is 15.7 Å². The molecule has 104 valence electrons. The molecule has 0 aliphatic heterocycles. The van der Waals surface area contributed by atoms with Crippen molar-refractivity contribution >= 4 is 22.8 Å². The van der Waals surface area contributed by atoms with Gasteiger partial charge in [-0.25, -0.2) is 9.59 Å². The van der Waals surface area contributed by atoms with Crippen molar-refractivity contribution in [1.29, 1.82) is 0 Å². The summed E-state index contributed by atoms with van der Waals surface area (Å²) in [6.07, 6.45) is 3.88. The van der Waals surface area contributed by atoms with Crippen LogP contribution in [0, 0.1) is 5.92 Å². The number of aliphatic carboxylic acids is 1. The second-order valence-corrected chi connectivity index (χ2v) is 6.35. The molecule has 1 rings (SSSR count). The average Bonchev–Trinajstić information content (AvgIpc) is 3.07.